The maximum Gasteiger partial charge on any atom is 0.185 e. The molecule has 0 N–H and O–H groups in total. The van der Waals surface area contributed by atoms with Gasteiger partial charge in [-0.3, -0.25) is 14.4 Å². The number of carbonyl (C=O) groups excluding carboxylic acids is 3. The van der Waals surface area contributed by atoms with E-state index in [1.165, 1.54) is 0 Å². The maximum atomic E-state index is 12.9. The quantitative estimate of drug-likeness (QED) is 0.691. The summed E-state index contributed by atoms with van der Waals surface area (Å²) < 4.78 is 0. The van der Waals surface area contributed by atoms with E-state index in [0.717, 1.165) is 12.0 Å². The molecule has 3 rings (SSSR count). The highest BCUT2D eigenvalue weighted by atomic mass is 16.1. The van der Waals surface area contributed by atoms with Crippen molar-refractivity contribution in [2.24, 2.45) is 22.7 Å². The van der Waals surface area contributed by atoms with Gasteiger partial charge in [-0.25, -0.2) is 0 Å². The maximum absolute atomic E-state index is 12.9. The lowest BCUT2D eigenvalue weighted by Gasteiger charge is -2.54. The van der Waals surface area contributed by atoms with Crippen LogP contribution in [0.2, 0.25) is 0 Å². The van der Waals surface area contributed by atoms with E-state index in [4.69, 9.17) is 0 Å². The van der Waals surface area contributed by atoms with Gasteiger partial charge in [0.25, 0.3) is 0 Å². The zero-order chi connectivity index (χ0) is 17.2. The molecule has 3 aliphatic rings. The molecule has 0 heterocycles. The molecular formula is C20H26O3. The Morgan fingerprint density at radius 3 is 2.35 bits per heavy atom. The Kier molecular flexibility index (Phi) is 3.55. The van der Waals surface area contributed by atoms with Gasteiger partial charge in [0.2, 0.25) is 0 Å². The van der Waals surface area contributed by atoms with Crippen LogP contribution in [0.3, 0.4) is 0 Å². The number of hydrogen-bond donors (Lipinski definition) is 0. The zero-order valence-electron chi connectivity index (χ0n) is 14.8. The molecule has 1 fully saturated rings. The summed E-state index contributed by atoms with van der Waals surface area (Å²) in [5, 5.41) is 0. The number of carbonyl (C=O) groups is 3. The van der Waals surface area contributed by atoms with Crippen LogP contribution in [0.15, 0.2) is 22.8 Å². The molecule has 0 aliphatic heterocycles. The van der Waals surface area contributed by atoms with E-state index in [1.54, 1.807) is 6.08 Å². The Balaban J connectivity index is 2.12. The molecule has 0 aromatic carbocycles. The van der Waals surface area contributed by atoms with Crippen molar-refractivity contribution in [3.05, 3.63) is 22.8 Å². The van der Waals surface area contributed by atoms with E-state index >= 15 is 0 Å². The minimum absolute atomic E-state index is 0.000601. The fourth-order valence-corrected chi connectivity index (χ4v) is 5.14. The van der Waals surface area contributed by atoms with E-state index in [0.29, 0.717) is 30.4 Å². The summed E-state index contributed by atoms with van der Waals surface area (Å²) in [5.74, 6) is 0.554. The summed E-state index contributed by atoms with van der Waals surface area (Å²) in [6.07, 6.45) is 4.18. The summed E-state index contributed by atoms with van der Waals surface area (Å²) in [4.78, 5) is 38.1. The molecule has 2 atom stereocenters. The van der Waals surface area contributed by atoms with E-state index in [9.17, 15) is 14.4 Å². The van der Waals surface area contributed by atoms with Gasteiger partial charge in [0.05, 0.1) is 0 Å². The molecule has 3 aliphatic carbocycles. The number of rotatable bonds is 1. The Morgan fingerprint density at radius 1 is 1.09 bits per heavy atom. The first-order chi connectivity index (χ1) is 10.6. The first-order valence-corrected chi connectivity index (χ1v) is 8.68. The van der Waals surface area contributed by atoms with Crippen molar-refractivity contribution in [2.75, 3.05) is 0 Å². The number of Topliss-reactive ketones (excluding diaryl/α,β-unsaturated/α-hetero) is 2. The predicted molar refractivity (Wildman–Crippen MR) is 88.8 cm³/mol. The van der Waals surface area contributed by atoms with Crippen LogP contribution < -0.4 is 0 Å². The molecule has 1 saturated carbocycles. The molecule has 3 heteroatoms. The normalized spacial score (nSPS) is 33.6. The Hall–Kier alpha value is -1.51. The SMILES string of the molecule is CC(C)C1=CC(=O)C2=C(CCC3C(C)(C)C(=O)CCC23C)C1=O. The lowest BCUT2D eigenvalue weighted by Crippen LogP contribution is -2.52. The van der Waals surface area contributed by atoms with Crippen LogP contribution in [0, 0.1) is 22.7 Å². The van der Waals surface area contributed by atoms with E-state index < -0.39 is 5.41 Å². The standard InChI is InChI=1S/C20H26O3/c1-11(2)13-10-14(21)17-12(18(13)23)6-7-15-19(3,4)16(22)8-9-20(15,17)5/h10-11,15H,6-9H2,1-5H3. The van der Waals surface area contributed by atoms with Crippen LogP contribution in [0.1, 0.15) is 60.3 Å². The van der Waals surface area contributed by atoms with E-state index in [2.05, 4.69) is 6.92 Å². The van der Waals surface area contributed by atoms with Gasteiger partial charge < -0.3 is 0 Å². The average molecular weight is 314 g/mol. The van der Waals surface area contributed by atoms with Crippen LogP contribution in [0.4, 0.5) is 0 Å². The fraction of sp³-hybridized carbons (Fsp3) is 0.650. The first-order valence-electron chi connectivity index (χ1n) is 8.68. The number of ketones is 3. The molecule has 0 amide bonds. The third kappa shape index (κ3) is 2.12. The summed E-state index contributed by atoms with van der Waals surface area (Å²) in [6, 6.07) is 0. The highest BCUT2D eigenvalue weighted by Gasteiger charge is 2.56. The molecular weight excluding hydrogens is 288 g/mol. The molecule has 0 aromatic heterocycles. The van der Waals surface area contributed by atoms with Crippen LogP contribution >= 0.6 is 0 Å². The Labute approximate surface area is 138 Å². The molecule has 0 aromatic rings. The minimum Gasteiger partial charge on any atom is -0.299 e. The van der Waals surface area contributed by atoms with Crippen LogP contribution in [0.5, 0.6) is 0 Å². The minimum atomic E-state index is -0.420. The van der Waals surface area contributed by atoms with Gasteiger partial charge in [0.1, 0.15) is 5.78 Å². The highest BCUT2D eigenvalue weighted by molar-refractivity contribution is 6.23. The topological polar surface area (TPSA) is 51.2 Å². The average Bonchev–Trinajstić information content (AvgIpc) is 2.46. The number of fused-ring (bicyclic) bond motifs is 2. The van der Waals surface area contributed by atoms with Crippen molar-refractivity contribution in [2.45, 2.75) is 60.3 Å². The van der Waals surface area contributed by atoms with Crippen LogP contribution in [-0.2, 0) is 14.4 Å². The van der Waals surface area contributed by atoms with Gasteiger partial charge in [-0.2, -0.15) is 0 Å². The van der Waals surface area contributed by atoms with Crippen LogP contribution in [-0.4, -0.2) is 17.3 Å². The lowest BCUT2D eigenvalue weighted by molar-refractivity contribution is -0.140. The molecule has 0 bridgehead atoms. The predicted octanol–water partition coefficient (Wildman–Crippen LogP) is 3.82. The van der Waals surface area contributed by atoms with Gasteiger partial charge in [0.15, 0.2) is 11.6 Å². The summed E-state index contributed by atoms with van der Waals surface area (Å²) in [5.41, 5.74) is 1.31. The van der Waals surface area contributed by atoms with Crippen molar-refractivity contribution in [1.29, 1.82) is 0 Å². The second kappa shape index (κ2) is 4.99. The van der Waals surface area contributed by atoms with E-state index in [-0.39, 0.29) is 34.6 Å². The molecule has 0 radical (unpaired) electrons. The van der Waals surface area contributed by atoms with Crippen molar-refractivity contribution in [1.82, 2.24) is 0 Å². The van der Waals surface area contributed by atoms with Crippen molar-refractivity contribution >= 4 is 17.3 Å². The Morgan fingerprint density at radius 2 is 1.74 bits per heavy atom. The number of hydrogen-bond acceptors (Lipinski definition) is 3. The largest absolute Gasteiger partial charge is 0.299 e. The van der Waals surface area contributed by atoms with Crippen LogP contribution in [0.25, 0.3) is 0 Å². The summed E-state index contributed by atoms with van der Waals surface area (Å²) >= 11 is 0. The third-order valence-corrected chi connectivity index (χ3v) is 6.48. The van der Waals surface area contributed by atoms with Crippen molar-refractivity contribution < 1.29 is 14.4 Å². The molecule has 0 saturated heterocycles. The molecule has 0 spiro atoms. The third-order valence-electron chi connectivity index (χ3n) is 6.48. The van der Waals surface area contributed by atoms with Gasteiger partial charge in [0, 0.05) is 34.0 Å². The van der Waals surface area contributed by atoms with Crippen molar-refractivity contribution in [3.63, 3.8) is 0 Å². The fourth-order valence-electron chi connectivity index (χ4n) is 5.14. The van der Waals surface area contributed by atoms with E-state index in [1.807, 2.05) is 27.7 Å². The number of allylic oxidation sites excluding steroid dienone is 4. The Bertz CT molecular complexity index is 675. The first kappa shape index (κ1) is 16.4. The van der Waals surface area contributed by atoms with Gasteiger partial charge >= 0.3 is 0 Å². The molecule has 124 valence electrons. The molecule has 3 nitrogen and oxygen atoms in total. The summed E-state index contributed by atoms with van der Waals surface area (Å²) in [6.45, 7) is 10.0. The molecule has 23 heavy (non-hydrogen) atoms. The second-order valence-electron chi connectivity index (χ2n) is 8.45. The van der Waals surface area contributed by atoms with Gasteiger partial charge in [-0.15, -0.1) is 0 Å². The summed E-state index contributed by atoms with van der Waals surface area (Å²) in [7, 11) is 0. The lowest BCUT2D eigenvalue weighted by atomic mass is 9.48. The van der Waals surface area contributed by atoms with Gasteiger partial charge in [-0.05, 0) is 37.2 Å². The smallest absolute Gasteiger partial charge is 0.185 e. The van der Waals surface area contributed by atoms with Gasteiger partial charge in [-0.1, -0.05) is 34.6 Å². The monoisotopic (exact) mass is 314 g/mol. The van der Waals surface area contributed by atoms with Crippen molar-refractivity contribution in [3.8, 4) is 0 Å². The zero-order valence-corrected chi connectivity index (χ0v) is 14.8. The molecule has 2 unspecified atom stereocenters. The second-order valence-corrected chi connectivity index (χ2v) is 8.45. The highest BCUT2D eigenvalue weighted by Crippen LogP contribution is 2.59.